The van der Waals surface area contributed by atoms with Crippen LogP contribution < -0.4 is 5.46 Å². The molecule has 2 aromatic rings. The van der Waals surface area contributed by atoms with E-state index < -0.39 is 5.60 Å². The predicted octanol–water partition coefficient (Wildman–Crippen LogP) is 3.32. The number of hydrogen-bond donors (Lipinski definition) is 0. The fourth-order valence-electron chi connectivity index (χ4n) is 3.49. The van der Waals surface area contributed by atoms with Crippen LogP contribution in [0.2, 0.25) is 0 Å². The molecule has 1 aliphatic rings. The molecule has 2 atom stereocenters. The third kappa shape index (κ3) is 3.48. The molecule has 128 valence electrons. The first kappa shape index (κ1) is 17.3. The van der Waals surface area contributed by atoms with Crippen molar-refractivity contribution in [1.29, 1.82) is 0 Å². The Morgan fingerprint density at radius 1 is 1.24 bits per heavy atom. The number of ether oxygens (including phenoxy) is 1. The Balaban J connectivity index is 1.82. The summed E-state index contributed by atoms with van der Waals surface area (Å²) in [5, 5.41) is 0. The SMILES string of the molecule is Bc1ccc([C@H](C)N2CC[C@](CC=C)(c3ccccc3)OC2=O)cc1. The molecule has 1 fully saturated rings. The lowest BCUT2D eigenvalue weighted by Gasteiger charge is -2.43. The summed E-state index contributed by atoms with van der Waals surface area (Å²) >= 11 is 0. The van der Waals surface area contributed by atoms with Crippen LogP contribution in [-0.2, 0) is 10.3 Å². The molecule has 1 aliphatic heterocycles. The van der Waals surface area contributed by atoms with E-state index in [2.05, 4.69) is 45.6 Å². The van der Waals surface area contributed by atoms with Gasteiger partial charge in [-0.3, -0.25) is 0 Å². The Hall–Kier alpha value is -2.49. The van der Waals surface area contributed by atoms with Crippen molar-refractivity contribution in [3.8, 4) is 0 Å². The van der Waals surface area contributed by atoms with Crippen molar-refractivity contribution in [3.05, 3.63) is 78.4 Å². The second-order valence-electron chi connectivity index (χ2n) is 6.75. The monoisotopic (exact) mass is 333 g/mol. The quantitative estimate of drug-likeness (QED) is 0.621. The maximum absolute atomic E-state index is 12.8. The van der Waals surface area contributed by atoms with Crippen molar-refractivity contribution in [2.45, 2.75) is 31.4 Å². The van der Waals surface area contributed by atoms with Crippen LogP contribution in [0.25, 0.3) is 0 Å². The van der Waals surface area contributed by atoms with E-state index in [0.29, 0.717) is 13.0 Å². The summed E-state index contributed by atoms with van der Waals surface area (Å²) in [4.78, 5) is 14.6. The molecule has 0 saturated carbocycles. The zero-order valence-electron chi connectivity index (χ0n) is 14.9. The predicted molar refractivity (Wildman–Crippen MR) is 104 cm³/mol. The van der Waals surface area contributed by atoms with E-state index >= 15 is 0 Å². The highest BCUT2D eigenvalue weighted by molar-refractivity contribution is 6.32. The van der Waals surface area contributed by atoms with Gasteiger partial charge in [0, 0.05) is 19.4 Å². The number of carbonyl (C=O) groups excluding carboxylic acids is 1. The average Bonchev–Trinajstić information content (AvgIpc) is 2.63. The topological polar surface area (TPSA) is 29.5 Å². The molecule has 0 spiro atoms. The lowest BCUT2D eigenvalue weighted by atomic mass is 9.85. The van der Waals surface area contributed by atoms with Crippen LogP contribution >= 0.6 is 0 Å². The maximum Gasteiger partial charge on any atom is 0.411 e. The summed E-state index contributed by atoms with van der Waals surface area (Å²) < 4.78 is 6.00. The van der Waals surface area contributed by atoms with Gasteiger partial charge >= 0.3 is 6.09 Å². The Bertz CT molecular complexity index is 744. The van der Waals surface area contributed by atoms with E-state index in [1.807, 2.05) is 41.3 Å². The number of benzene rings is 2. The molecule has 0 radical (unpaired) electrons. The van der Waals surface area contributed by atoms with Crippen molar-refractivity contribution >= 4 is 19.4 Å². The van der Waals surface area contributed by atoms with Gasteiger partial charge in [-0.05, 0) is 18.1 Å². The van der Waals surface area contributed by atoms with E-state index in [9.17, 15) is 4.79 Å². The third-order valence-corrected chi connectivity index (χ3v) is 5.07. The summed E-state index contributed by atoms with van der Waals surface area (Å²) in [7, 11) is 2.06. The molecule has 0 aromatic heterocycles. The number of amides is 1. The minimum Gasteiger partial charge on any atom is -0.437 e. The molecule has 0 unspecified atom stereocenters. The van der Waals surface area contributed by atoms with E-state index in [0.717, 1.165) is 17.5 Å². The number of carbonyl (C=O) groups is 1. The van der Waals surface area contributed by atoms with E-state index in [-0.39, 0.29) is 12.1 Å². The summed E-state index contributed by atoms with van der Waals surface area (Å²) in [5.74, 6) is 0. The van der Waals surface area contributed by atoms with Crippen LogP contribution in [0.4, 0.5) is 4.79 Å². The molecule has 3 nitrogen and oxygen atoms in total. The number of rotatable bonds is 5. The van der Waals surface area contributed by atoms with Crippen LogP contribution in [0.15, 0.2) is 67.3 Å². The molecule has 3 rings (SSSR count). The molecule has 1 amide bonds. The highest BCUT2D eigenvalue weighted by Gasteiger charge is 2.42. The first-order chi connectivity index (χ1) is 12.1. The van der Waals surface area contributed by atoms with Gasteiger partial charge in [0.25, 0.3) is 0 Å². The highest BCUT2D eigenvalue weighted by atomic mass is 16.6. The molecular formula is C21H24BNO2. The zero-order valence-corrected chi connectivity index (χ0v) is 14.9. The van der Waals surface area contributed by atoms with Gasteiger partial charge in [0.2, 0.25) is 0 Å². The molecule has 0 aliphatic carbocycles. The van der Waals surface area contributed by atoms with E-state index in [1.54, 1.807) is 0 Å². The van der Waals surface area contributed by atoms with Crippen LogP contribution in [0.1, 0.15) is 36.9 Å². The van der Waals surface area contributed by atoms with Crippen molar-refractivity contribution in [3.63, 3.8) is 0 Å². The molecular weight excluding hydrogens is 309 g/mol. The minimum absolute atomic E-state index is 0.00870. The van der Waals surface area contributed by atoms with E-state index in [4.69, 9.17) is 4.74 Å². The number of nitrogens with zero attached hydrogens (tertiary/aromatic N) is 1. The van der Waals surface area contributed by atoms with Crippen molar-refractivity contribution in [2.75, 3.05) is 6.54 Å². The zero-order chi connectivity index (χ0) is 17.9. The fourth-order valence-corrected chi connectivity index (χ4v) is 3.49. The summed E-state index contributed by atoms with van der Waals surface area (Å²) in [6.45, 7) is 6.57. The standard InChI is InChI=1S/C21H24BNO2/c1-3-13-21(18-7-5-4-6-8-18)14-15-23(20(24)25-21)16(2)17-9-11-19(22)12-10-17/h3-12,16H,1,13-15,22H2,2H3/t16-,21+/m0/s1. The lowest BCUT2D eigenvalue weighted by molar-refractivity contribution is -0.0588. The summed E-state index contributed by atoms with van der Waals surface area (Å²) in [6, 6.07) is 18.3. The summed E-state index contributed by atoms with van der Waals surface area (Å²) in [6.07, 6.45) is 2.95. The first-order valence-electron chi connectivity index (χ1n) is 8.78. The third-order valence-electron chi connectivity index (χ3n) is 5.07. The molecule has 1 saturated heterocycles. The molecule has 0 N–H and O–H groups in total. The van der Waals surface area contributed by atoms with Crippen molar-refractivity contribution < 1.29 is 9.53 Å². The maximum atomic E-state index is 12.8. The summed E-state index contributed by atoms with van der Waals surface area (Å²) in [5.41, 5.74) is 2.76. The Morgan fingerprint density at radius 3 is 2.52 bits per heavy atom. The first-order valence-corrected chi connectivity index (χ1v) is 8.78. The Kier molecular flexibility index (Phi) is 4.98. The van der Waals surface area contributed by atoms with Gasteiger partial charge in [-0.1, -0.05) is 66.1 Å². The van der Waals surface area contributed by atoms with Crippen LogP contribution in [-0.4, -0.2) is 25.4 Å². The van der Waals surface area contributed by atoms with Crippen molar-refractivity contribution in [1.82, 2.24) is 4.90 Å². The fraction of sp³-hybridized carbons (Fsp3) is 0.286. The van der Waals surface area contributed by atoms with Gasteiger partial charge in [0.05, 0.1) is 6.04 Å². The largest absolute Gasteiger partial charge is 0.437 e. The van der Waals surface area contributed by atoms with Gasteiger partial charge < -0.3 is 9.64 Å². The molecule has 25 heavy (non-hydrogen) atoms. The van der Waals surface area contributed by atoms with Gasteiger partial charge in [-0.25, -0.2) is 4.79 Å². The van der Waals surface area contributed by atoms with Crippen LogP contribution in [0, 0.1) is 0 Å². The van der Waals surface area contributed by atoms with Gasteiger partial charge in [0.1, 0.15) is 13.4 Å². The van der Waals surface area contributed by atoms with Gasteiger partial charge in [-0.2, -0.15) is 0 Å². The molecule has 2 aromatic carbocycles. The Labute approximate surface area is 150 Å². The highest BCUT2D eigenvalue weighted by Crippen LogP contribution is 2.39. The molecule has 0 bridgehead atoms. The second kappa shape index (κ2) is 7.18. The van der Waals surface area contributed by atoms with Gasteiger partial charge in [0.15, 0.2) is 0 Å². The molecule has 4 heteroatoms. The van der Waals surface area contributed by atoms with Crippen molar-refractivity contribution in [2.24, 2.45) is 0 Å². The van der Waals surface area contributed by atoms with Gasteiger partial charge in [-0.15, -0.1) is 6.58 Å². The number of hydrogen-bond acceptors (Lipinski definition) is 2. The molecule has 1 heterocycles. The van der Waals surface area contributed by atoms with Crippen LogP contribution in [0.5, 0.6) is 0 Å². The minimum atomic E-state index is -0.608. The second-order valence-corrected chi connectivity index (χ2v) is 6.75. The average molecular weight is 333 g/mol. The van der Waals surface area contributed by atoms with Crippen LogP contribution in [0.3, 0.4) is 0 Å². The van der Waals surface area contributed by atoms with E-state index in [1.165, 1.54) is 5.46 Å². The lowest BCUT2D eigenvalue weighted by Crippen LogP contribution is -2.48. The number of cyclic esters (lactones) is 1. The Morgan fingerprint density at radius 2 is 1.92 bits per heavy atom. The normalized spacial score (nSPS) is 21.5. The smallest absolute Gasteiger partial charge is 0.411 e.